The Kier molecular flexibility index (Phi) is 4.68. The average molecular weight is 384 g/mol. The topological polar surface area (TPSA) is 15.3 Å². The van der Waals surface area contributed by atoms with Gasteiger partial charge in [-0.2, -0.15) is 0 Å². The molecule has 3 rings (SSSR count). The van der Waals surface area contributed by atoms with Crippen LogP contribution in [0.3, 0.4) is 0 Å². The second-order valence-corrected chi connectivity index (χ2v) is 7.76. The van der Waals surface area contributed by atoms with E-state index in [1.807, 2.05) is 0 Å². The fourth-order valence-corrected chi connectivity index (χ4v) is 4.31. The zero-order valence-corrected chi connectivity index (χ0v) is 14.6. The Hall–Kier alpha value is -0.130. The first-order chi connectivity index (χ1) is 9.63. The van der Waals surface area contributed by atoms with E-state index in [4.69, 9.17) is 0 Å². The summed E-state index contributed by atoms with van der Waals surface area (Å²) >= 11 is 2.37. The lowest BCUT2D eigenvalue weighted by molar-refractivity contribution is 0.0463. The highest BCUT2D eigenvalue weighted by Gasteiger charge is 2.36. The van der Waals surface area contributed by atoms with Crippen molar-refractivity contribution < 1.29 is 0 Å². The largest absolute Gasteiger partial charge is 0.307 e. The van der Waals surface area contributed by atoms with E-state index in [9.17, 15) is 0 Å². The van der Waals surface area contributed by atoms with Gasteiger partial charge in [0.15, 0.2) is 0 Å². The number of piperidine rings is 2. The van der Waals surface area contributed by atoms with Crippen molar-refractivity contribution in [2.75, 3.05) is 7.05 Å². The predicted molar refractivity (Wildman–Crippen MR) is 92.9 cm³/mol. The highest BCUT2D eigenvalue weighted by atomic mass is 127. The monoisotopic (exact) mass is 384 g/mol. The summed E-state index contributed by atoms with van der Waals surface area (Å²) in [5.74, 6) is 0. The number of benzene rings is 1. The van der Waals surface area contributed by atoms with Gasteiger partial charge in [0.25, 0.3) is 0 Å². The van der Waals surface area contributed by atoms with Gasteiger partial charge in [0.1, 0.15) is 0 Å². The maximum absolute atomic E-state index is 3.87. The van der Waals surface area contributed by atoms with E-state index < -0.39 is 0 Å². The predicted octanol–water partition coefficient (Wildman–Crippen LogP) is 3.96. The standard InChI is InChI=1S/C17H25IN2/c1-12(13-6-8-14(18)9-7-13)19-15-10-16-4-3-5-17(11-15)20(16)2/h6-9,12,15-17,19H,3-5,10-11H2,1-2H3. The lowest BCUT2D eigenvalue weighted by Crippen LogP contribution is -2.54. The van der Waals surface area contributed by atoms with Crippen LogP contribution in [0.2, 0.25) is 0 Å². The molecule has 0 radical (unpaired) electrons. The molecule has 0 aromatic heterocycles. The van der Waals surface area contributed by atoms with Crippen LogP contribution in [0.15, 0.2) is 24.3 Å². The van der Waals surface area contributed by atoms with Crippen LogP contribution in [0, 0.1) is 3.57 Å². The molecule has 2 nitrogen and oxygen atoms in total. The van der Waals surface area contributed by atoms with Gasteiger partial charge in [-0.15, -0.1) is 0 Å². The summed E-state index contributed by atoms with van der Waals surface area (Å²) in [7, 11) is 2.33. The minimum atomic E-state index is 0.459. The Morgan fingerprint density at radius 1 is 1.15 bits per heavy atom. The molecule has 1 aromatic carbocycles. The quantitative estimate of drug-likeness (QED) is 0.794. The fourth-order valence-electron chi connectivity index (χ4n) is 3.95. The van der Waals surface area contributed by atoms with Crippen molar-refractivity contribution in [3.05, 3.63) is 33.4 Å². The first-order valence-corrected chi connectivity index (χ1v) is 8.95. The zero-order valence-electron chi connectivity index (χ0n) is 12.5. The van der Waals surface area contributed by atoms with E-state index >= 15 is 0 Å². The second kappa shape index (κ2) is 6.32. The van der Waals surface area contributed by atoms with Gasteiger partial charge in [-0.1, -0.05) is 18.6 Å². The maximum atomic E-state index is 3.87. The van der Waals surface area contributed by atoms with Gasteiger partial charge in [0.05, 0.1) is 0 Å². The summed E-state index contributed by atoms with van der Waals surface area (Å²) in [5, 5.41) is 3.87. The van der Waals surface area contributed by atoms with Crippen LogP contribution >= 0.6 is 22.6 Å². The lowest BCUT2D eigenvalue weighted by Gasteiger charge is -2.47. The molecule has 0 amide bonds. The molecule has 0 spiro atoms. The van der Waals surface area contributed by atoms with Crippen molar-refractivity contribution in [3.8, 4) is 0 Å². The normalized spacial score (nSPS) is 32.0. The van der Waals surface area contributed by atoms with E-state index in [0.717, 1.165) is 12.1 Å². The Morgan fingerprint density at radius 2 is 1.75 bits per heavy atom. The van der Waals surface area contributed by atoms with E-state index in [1.54, 1.807) is 0 Å². The molecule has 3 atom stereocenters. The molecule has 0 saturated carbocycles. The molecule has 1 N–H and O–H groups in total. The molecule has 1 aromatic rings. The molecule has 2 heterocycles. The van der Waals surface area contributed by atoms with Gasteiger partial charge in [0.2, 0.25) is 0 Å². The van der Waals surface area contributed by atoms with Crippen molar-refractivity contribution in [3.63, 3.8) is 0 Å². The van der Waals surface area contributed by atoms with Gasteiger partial charge in [0, 0.05) is 27.7 Å². The van der Waals surface area contributed by atoms with Gasteiger partial charge in [-0.05, 0) is 79.9 Å². The minimum absolute atomic E-state index is 0.459. The number of nitrogens with zero attached hydrogens (tertiary/aromatic N) is 1. The first kappa shape index (κ1) is 14.8. The Labute approximate surface area is 136 Å². The third-order valence-corrected chi connectivity index (χ3v) is 5.91. The van der Waals surface area contributed by atoms with Gasteiger partial charge < -0.3 is 10.2 Å². The number of fused-ring (bicyclic) bond motifs is 2. The van der Waals surface area contributed by atoms with Crippen molar-refractivity contribution in [1.29, 1.82) is 0 Å². The Balaban J connectivity index is 1.62. The Morgan fingerprint density at radius 3 is 2.35 bits per heavy atom. The van der Waals surface area contributed by atoms with Crippen molar-refractivity contribution in [1.82, 2.24) is 10.2 Å². The van der Waals surface area contributed by atoms with E-state index in [0.29, 0.717) is 12.1 Å². The average Bonchev–Trinajstić information content (AvgIpc) is 2.40. The van der Waals surface area contributed by atoms with Gasteiger partial charge >= 0.3 is 0 Å². The smallest absolute Gasteiger partial charge is 0.0294 e. The number of nitrogens with one attached hydrogen (secondary N) is 1. The third kappa shape index (κ3) is 3.20. The lowest BCUT2D eigenvalue weighted by atomic mass is 9.82. The molecule has 2 aliphatic rings. The molecule has 3 unspecified atom stereocenters. The van der Waals surface area contributed by atoms with Crippen molar-refractivity contribution in [2.45, 2.75) is 63.2 Å². The van der Waals surface area contributed by atoms with Crippen LogP contribution in [0.1, 0.15) is 50.6 Å². The number of hydrogen-bond donors (Lipinski definition) is 1. The molecule has 3 heteroatoms. The number of hydrogen-bond acceptors (Lipinski definition) is 2. The Bertz CT molecular complexity index is 431. The van der Waals surface area contributed by atoms with E-state index in [2.05, 4.69) is 71.0 Å². The molecule has 20 heavy (non-hydrogen) atoms. The zero-order chi connectivity index (χ0) is 14.1. The minimum Gasteiger partial charge on any atom is -0.307 e. The van der Waals surface area contributed by atoms with Crippen molar-refractivity contribution in [2.24, 2.45) is 0 Å². The van der Waals surface area contributed by atoms with E-state index in [-0.39, 0.29) is 0 Å². The molecule has 2 bridgehead atoms. The fraction of sp³-hybridized carbons (Fsp3) is 0.647. The van der Waals surface area contributed by atoms with Crippen LogP contribution in [0.25, 0.3) is 0 Å². The van der Waals surface area contributed by atoms with Crippen LogP contribution < -0.4 is 5.32 Å². The second-order valence-electron chi connectivity index (χ2n) is 6.51. The summed E-state index contributed by atoms with van der Waals surface area (Å²) in [6, 6.07) is 11.7. The highest BCUT2D eigenvalue weighted by molar-refractivity contribution is 14.1. The highest BCUT2D eigenvalue weighted by Crippen LogP contribution is 2.33. The van der Waals surface area contributed by atoms with Crippen LogP contribution in [-0.4, -0.2) is 30.1 Å². The molecule has 2 aliphatic heterocycles. The van der Waals surface area contributed by atoms with Crippen LogP contribution in [0.5, 0.6) is 0 Å². The molecular formula is C17H25IN2. The summed E-state index contributed by atoms with van der Waals surface area (Å²) in [6.45, 7) is 2.30. The van der Waals surface area contributed by atoms with Crippen molar-refractivity contribution >= 4 is 22.6 Å². The van der Waals surface area contributed by atoms with Crippen LogP contribution in [-0.2, 0) is 0 Å². The number of rotatable bonds is 3. The summed E-state index contributed by atoms with van der Waals surface area (Å²) < 4.78 is 1.31. The molecule has 2 saturated heterocycles. The maximum Gasteiger partial charge on any atom is 0.0294 e. The summed E-state index contributed by atoms with van der Waals surface area (Å²) in [5.41, 5.74) is 1.41. The number of halogens is 1. The molecule has 2 fully saturated rings. The van der Waals surface area contributed by atoms with E-state index in [1.165, 1.54) is 41.2 Å². The van der Waals surface area contributed by atoms with Crippen LogP contribution in [0.4, 0.5) is 0 Å². The molecule has 0 aliphatic carbocycles. The SMILES string of the molecule is CC(NC1CC2CCCC(C1)N2C)c1ccc(I)cc1. The summed E-state index contributed by atoms with van der Waals surface area (Å²) in [6.07, 6.45) is 6.86. The first-order valence-electron chi connectivity index (χ1n) is 7.87. The van der Waals surface area contributed by atoms with Gasteiger partial charge in [-0.3, -0.25) is 0 Å². The van der Waals surface area contributed by atoms with Gasteiger partial charge in [-0.25, -0.2) is 0 Å². The summed E-state index contributed by atoms with van der Waals surface area (Å²) in [4.78, 5) is 2.64. The molecule has 110 valence electrons. The third-order valence-electron chi connectivity index (χ3n) is 5.20. The molecular weight excluding hydrogens is 359 g/mol.